The highest BCUT2D eigenvalue weighted by Gasteiger charge is 1.97. The maximum Gasteiger partial charge on any atom is 0.344 e. The summed E-state index contributed by atoms with van der Waals surface area (Å²) < 4.78 is 4.01. The highest BCUT2D eigenvalue weighted by atomic mass is 32.2. The monoisotopic (exact) mass is 133 g/mol. The van der Waals surface area contributed by atoms with E-state index in [1.165, 1.54) is 5.40 Å². The molecule has 0 amide bonds. The molecule has 0 atom stereocenters. The van der Waals surface area contributed by atoms with E-state index in [1.54, 1.807) is 0 Å². The number of carbonyl (C=O) groups excluding carboxylic acids is 1. The van der Waals surface area contributed by atoms with Crippen molar-refractivity contribution in [3.63, 3.8) is 0 Å². The Kier molecular flexibility index (Phi) is 4.03. The minimum atomic E-state index is -0.809. The highest BCUT2D eigenvalue weighted by Crippen LogP contribution is 1.96. The third-order valence-corrected chi connectivity index (χ3v) is 0.645. The number of rotatable bonds is 2. The second-order valence-corrected chi connectivity index (χ2v) is 1.30. The molecular weight excluding hydrogens is 130 g/mol. The molecule has 0 aromatic carbocycles. The number of hydrogen-bond acceptors (Lipinski definition) is 5. The fourth-order valence-corrected chi connectivity index (χ4v) is 0.274. The Labute approximate surface area is 50.3 Å². The van der Waals surface area contributed by atoms with Crippen molar-refractivity contribution in [1.29, 1.82) is 5.26 Å². The Bertz CT molecular complexity index is 118. The molecule has 8 heavy (non-hydrogen) atoms. The van der Waals surface area contributed by atoms with Gasteiger partial charge >= 0.3 is 5.97 Å². The van der Waals surface area contributed by atoms with Crippen molar-refractivity contribution in [2.45, 2.75) is 0 Å². The Morgan fingerprint density at radius 2 is 2.62 bits per heavy atom. The number of aliphatic hydroxyl groups is 1. The van der Waals surface area contributed by atoms with E-state index < -0.39 is 12.6 Å². The van der Waals surface area contributed by atoms with Crippen molar-refractivity contribution in [2.24, 2.45) is 0 Å². The fraction of sp³-hybridized carbons (Fsp3) is 0.333. The lowest BCUT2D eigenvalue weighted by molar-refractivity contribution is -0.135. The molecule has 0 unspecified atom stereocenters. The Morgan fingerprint density at radius 3 is 3.00 bits per heavy atom. The molecule has 0 saturated carbocycles. The van der Waals surface area contributed by atoms with Crippen molar-refractivity contribution in [3.05, 3.63) is 0 Å². The average Bonchev–Trinajstić information content (AvgIpc) is 1.83. The molecule has 0 saturated heterocycles. The number of nitrogens with zero attached hydrogens (tertiary/aromatic N) is 1. The normalized spacial score (nSPS) is 7.50. The largest absolute Gasteiger partial charge is 0.385 e. The first-order valence-corrected chi connectivity index (χ1v) is 2.41. The summed E-state index contributed by atoms with van der Waals surface area (Å²) in [4.78, 5) is 9.93. The van der Waals surface area contributed by atoms with Gasteiger partial charge in [0.2, 0.25) is 0 Å². The summed E-state index contributed by atoms with van der Waals surface area (Å²) in [6.07, 6.45) is 0. The highest BCUT2D eigenvalue weighted by molar-refractivity contribution is 7.99. The number of hydrogen-bond donors (Lipinski definition) is 1. The molecule has 1 N–H and O–H groups in total. The first-order valence-electron chi connectivity index (χ1n) is 1.67. The maximum atomic E-state index is 9.93. The van der Waals surface area contributed by atoms with E-state index in [4.69, 9.17) is 10.4 Å². The van der Waals surface area contributed by atoms with E-state index in [0.717, 1.165) is 0 Å². The summed E-state index contributed by atoms with van der Waals surface area (Å²) in [5, 5.41) is 17.2. The average molecular weight is 133 g/mol. The molecular formula is C3H3NO3S. The van der Waals surface area contributed by atoms with Gasteiger partial charge in [-0.1, -0.05) is 0 Å². The van der Waals surface area contributed by atoms with Crippen LogP contribution in [0.3, 0.4) is 0 Å². The smallest absolute Gasteiger partial charge is 0.344 e. The lowest BCUT2D eigenvalue weighted by Crippen LogP contribution is -2.02. The second-order valence-electron chi connectivity index (χ2n) is 0.788. The summed E-state index contributed by atoms with van der Waals surface area (Å²) in [5.41, 5.74) is 0. The van der Waals surface area contributed by atoms with Crippen LogP contribution in [0.15, 0.2) is 0 Å². The Hall–Kier alpha value is -0.730. The molecule has 0 radical (unpaired) electrons. The summed E-state index contributed by atoms with van der Waals surface area (Å²) in [5.74, 6) is -0.809. The quantitative estimate of drug-likeness (QED) is 0.412. The number of thiocyanates is 1. The van der Waals surface area contributed by atoms with Gasteiger partial charge in [0.25, 0.3) is 0 Å². The van der Waals surface area contributed by atoms with Crippen LogP contribution >= 0.6 is 12.0 Å². The van der Waals surface area contributed by atoms with E-state index >= 15 is 0 Å². The van der Waals surface area contributed by atoms with Crippen LogP contribution < -0.4 is 0 Å². The predicted molar refractivity (Wildman–Crippen MR) is 26.4 cm³/mol. The van der Waals surface area contributed by atoms with Gasteiger partial charge in [-0.25, -0.2) is 4.79 Å². The molecule has 5 heteroatoms. The van der Waals surface area contributed by atoms with Crippen LogP contribution in [0.1, 0.15) is 0 Å². The minimum Gasteiger partial charge on any atom is -0.385 e. The number of aliphatic hydroxyl groups excluding tert-OH is 1. The van der Waals surface area contributed by atoms with Crippen molar-refractivity contribution in [2.75, 3.05) is 6.61 Å². The van der Waals surface area contributed by atoms with Crippen LogP contribution in [0.5, 0.6) is 0 Å². The van der Waals surface area contributed by atoms with Gasteiger partial charge in [-0.05, 0) is 0 Å². The van der Waals surface area contributed by atoms with Gasteiger partial charge in [-0.15, -0.1) is 0 Å². The molecule has 44 valence electrons. The molecule has 0 fully saturated rings. The molecule has 0 heterocycles. The fourth-order valence-electron chi connectivity index (χ4n) is 0.0915. The Balaban J connectivity index is 3.15. The van der Waals surface area contributed by atoms with Gasteiger partial charge in [0.1, 0.15) is 6.61 Å². The third kappa shape index (κ3) is 3.46. The van der Waals surface area contributed by atoms with Gasteiger partial charge in [-0.3, -0.25) is 0 Å². The SMILES string of the molecule is N#CSOC(=O)CO. The van der Waals surface area contributed by atoms with E-state index in [1.807, 2.05) is 0 Å². The van der Waals surface area contributed by atoms with E-state index in [0.29, 0.717) is 12.0 Å². The van der Waals surface area contributed by atoms with E-state index in [9.17, 15) is 4.79 Å². The zero-order chi connectivity index (χ0) is 6.41. The number of nitriles is 1. The molecule has 0 aromatic heterocycles. The molecule has 0 aliphatic carbocycles. The van der Waals surface area contributed by atoms with Gasteiger partial charge < -0.3 is 9.29 Å². The molecule has 0 bridgehead atoms. The second kappa shape index (κ2) is 4.43. The summed E-state index contributed by atoms with van der Waals surface area (Å²) in [6, 6.07) is 0. The Morgan fingerprint density at radius 1 is 2.00 bits per heavy atom. The lowest BCUT2D eigenvalue weighted by Gasteiger charge is -1.88. The van der Waals surface area contributed by atoms with Crippen molar-refractivity contribution in [1.82, 2.24) is 0 Å². The topological polar surface area (TPSA) is 70.3 Å². The van der Waals surface area contributed by atoms with E-state index in [2.05, 4.69) is 4.18 Å². The van der Waals surface area contributed by atoms with Crippen LogP contribution in [0.2, 0.25) is 0 Å². The standard InChI is InChI=1S/C3H3NO3S/c4-2-8-7-3(6)1-5/h5H,1H2. The van der Waals surface area contributed by atoms with E-state index in [-0.39, 0.29) is 0 Å². The third-order valence-electron chi connectivity index (χ3n) is 0.301. The first kappa shape index (κ1) is 7.27. The van der Waals surface area contributed by atoms with Crippen LogP contribution in [0.4, 0.5) is 0 Å². The lowest BCUT2D eigenvalue weighted by atomic mass is 10.8. The van der Waals surface area contributed by atoms with Gasteiger partial charge in [-0.2, -0.15) is 5.26 Å². The molecule has 0 aliphatic rings. The molecule has 4 nitrogen and oxygen atoms in total. The molecule has 0 aromatic rings. The summed E-state index contributed by atoms with van der Waals surface area (Å²) in [6.45, 7) is -0.686. The zero-order valence-corrected chi connectivity index (χ0v) is 4.64. The summed E-state index contributed by atoms with van der Waals surface area (Å²) >= 11 is 0.337. The zero-order valence-electron chi connectivity index (χ0n) is 3.83. The predicted octanol–water partition coefficient (Wildman–Crippen LogP) is -0.349. The van der Waals surface area contributed by atoms with Crippen molar-refractivity contribution >= 4 is 18.0 Å². The maximum absolute atomic E-state index is 9.93. The summed E-state index contributed by atoms with van der Waals surface area (Å²) in [7, 11) is 0. The molecule has 0 rings (SSSR count). The van der Waals surface area contributed by atoms with Crippen molar-refractivity contribution < 1.29 is 14.1 Å². The van der Waals surface area contributed by atoms with Crippen LogP contribution in [-0.2, 0) is 8.98 Å². The van der Waals surface area contributed by atoms with Crippen molar-refractivity contribution in [3.8, 4) is 5.40 Å². The van der Waals surface area contributed by atoms with Gasteiger partial charge in [0.15, 0.2) is 17.4 Å². The number of carbonyl (C=O) groups is 1. The van der Waals surface area contributed by atoms with Crippen LogP contribution in [0.25, 0.3) is 0 Å². The molecule has 0 aliphatic heterocycles. The van der Waals surface area contributed by atoms with Crippen LogP contribution in [0, 0.1) is 10.7 Å². The minimum absolute atomic E-state index is 0.337. The molecule has 0 spiro atoms. The van der Waals surface area contributed by atoms with Gasteiger partial charge in [0, 0.05) is 0 Å². The van der Waals surface area contributed by atoms with Crippen LogP contribution in [-0.4, -0.2) is 17.7 Å². The van der Waals surface area contributed by atoms with Gasteiger partial charge in [0.05, 0.1) is 0 Å². The first-order chi connectivity index (χ1) is 3.81.